The summed E-state index contributed by atoms with van der Waals surface area (Å²) in [7, 11) is 1.24. The van der Waals surface area contributed by atoms with Gasteiger partial charge in [0.1, 0.15) is 23.6 Å². The average Bonchev–Trinajstić information content (AvgIpc) is 3.27. The second-order valence-corrected chi connectivity index (χ2v) is 8.28. The summed E-state index contributed by atoms with van der Waals surface area (Å²) in [5, 5.41) is 15.2. The van der Waals surface area contributed by atoms with Gasteiger partial charge in [0.15, 0.2) is 0 Å². The van der Waals surface area contributed by atoms with E-state index in [1.54, 1.807) is 55.5 Å². The Kier molecular flexibility index (Phi) is 4.84. The Morgan fingerprint density at radius 3 is 2.76 bits per heavy atom. The Morgan fingerprint density at radius 2 is 2.06 bits per heavy atom. The van der Waals surface area contributed by atoms with E-state index in [0.717, 1.165) is 0 Å². The molecule has 0 unspecified atom stereocenters. The lowest BCUT2D eigenvalue weighted by Gasteiger charge is -2.33. The van der Waals surface area contributed by atoms with E-state index in [4.69, 9.17) is 26.8 Å². The Morgan fingerprint density at radius 1 is 1.29 bits per heavy atom. The van der Waals surface area contributed by atoms with Crippen LogP contribution in [0.5, 0.6) is 5.88 Å². The van der Waals surface area contributed by atoms with Crippen LogP contribution in [0, 0.1) is 18.3 Å². The van der Waals surface area contributed by atoms with Crippen molar-refractivity contribution in [3.05, 3.63) is 81.8 Å². The molecule has 0 aliphatic carbocycles. The predicted octanol–water partition coefficient (Wildman–Crippen LogP) is 2.73. The first kappa shape index (κ1) is 21.6. The van der Waals surface area contributed by atoms with Gasteiger partial charge in [0.05, 0.1) is 24.1 Å². The standard InChI is InChI=1S/C24H18ClN5O4/c1-13-20-22(30(28-13)15-7-5-6-14(25)10-15)34-21(27)17(11-26)24(20)16-8-3-4-9-18(16)29(23(24)32)12-19(31)33-2/h3-10H,12,27H2,1-2H3/t24-/m1/s1. The van der Waals surface area contributed by atoms with Crippen LogP contribution in [-0.4, -0.2) is 35.3 Å². The van der Waals surface area contributed by atoms with Gasteiger partial charge in [-0.25, -0.2) is 4.68 Å². The second kappa shape index (κ2) is 7.64. The smallest absolute Gasteiger partial charge is 0.325 e. The van der Waals surface area contributed by atoms with Crippen LogP contribution < -0.4 is 15.4 Å². The van der Waals surface area contributed by atoms with Crippen LogP contribution in [0.25, 0.3) is 5.69 Å². The molecule has 0 saturated heterocycles. The first-order valence-electron chi connectivity index (χ1n) is 10.3. The molecule has 0 radical (unpaired) electrons. The van der Waals surface area contributed by atoms with E-state index < -0.39 is 17.3 Å². The summed E-state index contributed by atoms with van der Waals surface area (Å²) in [6, 6.07) is 16.0. The van der Waals surface area contributed by atoms with E-state index in [0.29, 0.717) is 33.2 Å². The number of hydrogen-bond acceptors (Lipinski definition) is 7. The fourth-order valence-corrected chi connectivity index (χ4v) is 4.89. The minimum atomic E-state index is -1.64. The molecule has 0 fully saturated rings. The van der Waals surface area contributed by atoms with Crippen LogP contribution in [-0.2, 0) is 19.7 Å². The van der Waals surface area contributed by atoms with Crippen LogP contribution in [0.1, 0.15) is 16.8 Å². The van der Waals surface area contributed by atoms with Crippen molar-refractivity contribution in [2.24, 2.45) is 5.73 Å². The number of methoxy groups -OCH3 is 1. The number of benzene rings is 2. The number of aromatic nitrogens is 2. The molecule has 3 heterocycles. The molecule has 5 rings (SSSR count). The van der Waals surface area contributed by atoms with Crippen molar-refractivity contribution in [3.8, 4) is 17.6 Å². The molecular weight excluding hydrogens is 458 g/mol. The number of para-hydroxylation sites is 1. The first-order valence-corrected chi connectivity index (χ1v) is 10.6. The predicted molar refractivity (Wildman–Crippen MR) is 122 cm³/mol. The Bertz CT molecular complexity index is 1450. The van der Waals surface area contributed by atoms with Gasteiger partial charge >= 0.3 is 5.97 Å². The third-order valence-corrected chi connectivity index (χ3v) is 6.30. The van der Waals surface area contributed by atoms with Crippen molar-refractivity contribution >= 4 is 29.2 Å². The van der Waals surface area contributed by atoms with Crippen LogP contribution in [0.2, 0.25) is 5.02 Å². The summed E-state index contributed by atoms with van der Waals surface area (Å²) < 4.78 is 12.2. The molecule has 34 heavy (non-hydrogen) atoms. The SMILES string of the molecule is COC(=O)CN1C(=O)[C@@]2(C(C#N)=C(N)Oc3c2c(C)nn3-c2cccc(Cl)c2)c2ccccc21. The highest BCUT2D eigenvalue weighted by Gasteiger charge is 2.61. The highest BCUT2D eigenvalue weighted by atomic mass is 35.5. The topological polar surface area (TPSA) is 123 Å². The van der Waals surface area contributed by atoms with Crippen molar-refractivity contribution in [2.45, 2.75) is 12.3 Å². The monoisotopic (exact) mass is 475 g/mol. The molecule has 1 amide bonds. The molecule has 2 aliphatic rings. The summed E-state index contributed by atoms with van der Waals surface area (Å²) in [5.74, 6) is -1.15. The molecule has 0 saturated carbocycles. The van der Waals surface area contributed by atoms with Gasteiger partial charge in [0, 0.05) is 16.3 Å². The zero-order valence-corrected chi connectivity index (χ0v) is 19.0. The fraction of sp³-hybridized carbons (Fsp3) is 0.167. The van der Waals surface area contributed by atoms with Gasteiger partial charge in [-0.2, -0.15) is 10.4 Å². The third kappa shape index (κ3) is 2.75. The number of fused-ring (bicyclic) bond motifs is 4. The van der Waals surface area contributed by atoms with Gasteiger partial charge in [0.2, 0.25) is 17.7 Å². The largest absolute Gasteiger partial charge is 0.468 e. The van der Waals surface area contributed by atoms with E-state index in [1.807, 2.05) is 0 Å². The number of aryl methyl sites for hydroxylation is 1. The van der Waals surface area contributed by atoms with Crippen molar-refractivity contribution < 1.29 is 19.1 Å². The third-order valence-electron chi connectivity index (χ3n) is 6.07. The number of esters is 1. The zero-order chi connectivity index (χ0) is 24.2. The molecule has 1 spiro atoms. The highest BCUT2D eigenvalue weighted by Crippen LogP contribution is 2.56. The zero-order valence-electron chi connectivity index (χ0n) is 18.2. The molecule has 2 aliphatic heterocycles. The van der Waals surface area contributed by atoms with Crippen molar-refractivity contribution in [1.82, 2.24) is 9.78 Å². The quantitative estimate of drug-likeness (QED) is 0.577. The summed E-state index contributed by atoms with van der Waals surface area (Å²) in [6.07, 6.45) is 0. The fourth-order valence-electron chi connectivity index (χ4n) is 4.71. The summed E-state index contributed by atoms with van der Waals surface area (Å²) in [6.45, 7) is 1.39. The van der Waals surface area contributed by atoms with Gasteiger partial charge in [-0.3, -0.25) is 14.5 Å². The van der Waals surface area contributed by atoms with E-state index in [-0.39, 0.29) is 23.9 Å². The van der Waals surface area contributed by atoms with Gasteiger partial charge in [-0.05, 0) is 31.2 Å². The van der Waals surface area contributed by atoms with Crippen molar-refractivity contribution in [1.29, 1.82) is 5.26 Å². The van der Waals surface area contributed by atoms with Crippen LogP contribution in [0.3, 0.4) is 0 Å². The van der Waals surface area contributed by atoms with E-state index in [2.05, 4.69) is 11.2 Å². The number of amides is 1. The van der Waals surface area contributed by atoms with Crippen molar-refractivity contribution in [2.75, 3.05) is 18.6 Å². The second-order valence-electron chi connectivity index (χ2n) is 7.84. The summed E-state index contributed by atoms with van der Waals surface area (Å²) in [5.41, 5.74) is 6.93. The number of halogens is 1. The number of nitrogens with zero attached hydrogens (tertiary/aromatic N) is 4. The molecule has 9 nitrogen and oxygen atoms in total. The molecule has 1 atom stereocenters. The van der Waals surface area contributed by atoms with E-state index >= 15 is 0 Å². The lowest BCUT2D eigenvalue weighted by molar-refractivity contribution is -0.140. The molecule has 10 heteroatoms. The lowest BCUT2D eigenvalue weighted by atomic mass is 9.69. The molecule has 2 aromatic carbocycles. The highest BCUT2D eigenvalue weighted by molar-refractivity contribution is 6.30. The van der Waals surface area contributed by atoms with Crippen LogP contribution in [0.4, 0.5) is 5.69 Å². The number of ether oxygens (including phenoxy) is 2. The molecule has 1 aromatic heterocycles. The van der Waals surface area contributed by atoms with Gasteiger partial charge < -0.3 is 15.2 Å². The maximum absolute atomic E-state index is 14.2. The maximum Gasteiger partial charge on any atom is 0.325 e. The number of carbonyl (C=O) groups is 2. The summed E-state index contributed by atoms with van der Waals surface area (Å²) in [4.78, 5) is 27.7. The Hall–Kier alpha value is -4.29. The molecular formula is C24H18ClN5O4. The average molecular weight is 476 g/mol. The Balaban J connectivity index is 1.85. The molecule has 3 aromatic rings. The number of carbonyl (C=O) groups excluding carboxylic acids is 2. The van der Waals surface area contributed by atoms with Crippen molar-refractivity contribution in [3.63, 3.8) is 0 Å². The lowest BCUT2D eigenvalue weighted by Crippen LogP contribution is -2.47. The number of hydrogen-bond donors (Lipinski definition) is 1. The van der Waals surface area contributed by atoms with Gasteiger partial charge in [-0.1, -0.05) is 35.9 Å². The van der Waals surface area contributed by atoms with Crippen LogP contribution in [0.15, 0.2) is 60.0 Å². The van der Waals surface area contributed by atoms with Crippen LogP contribution >= 0.6 is 11.6 Å². The number of rotatable bonds is 3. The van der Waals surface area contributed by atoms with E-state index in [1.165, 1.54) is 16.7 Å². The first-order chi connectivity index (χ1) is 16.3. The number of anilines is 1. The molecule has 2 N–H and O–H groups in total. The number of nitrogens with two attached hydrogens (primary N) is 1. The van der Waals surface area contributed by atoms with Gasteiger partial charge in [0.25, 0.3) is 0 Å². The minimum Gasteiger partial charge on any atom is -0.468 e. The molecule has 170 valence electrons. The summed E-state index contributed by atoms with van der Waals surface area (Å²) >= 11 is 6.19. The normalized spacial score (nSPS) is 18.4. The molecule has 0 bridgehead atoms. The maximum atomic E-state index is 14.2. The number of nitriles is 1. The Labute approximate surface area is 199 Å². The minimum absolute atomic E-state index is 0.0708. The van der Waals surface area contributed by atoms with E-state index in [9.17, 15) is 14.9 Å². The van der Waals surface area contributed by atoms with Gasteiger partial charge in [-0.15, -0.1) is 0 Å².